The van der Waals surface area contributed by atoms with Gasteiger partial charge in [-0.25, -0.2) is 13.2 Å². The highest BCUT2D eigenvalue weighted by atomic mass is 32.2. The largest absolute Gasteiger partial charge is 0.262 e. The summed E-state index contributed by atoms with van der Waals surface area (Å²) in [6.45, 7) is 0.364. The summed E-state index contributed by atoms with van der Waals surface area (Å²) < 4.78 is 27.1. The Labute approximate surface area is 98.8 Å². The molecule has 17 heavy (non-hydrogen) atoms. The Balaban J connectivity index is 2.39. The standard InChI is InChI=1S/C9H12N4O3S/c1-12-9(4-5-11-12)17(15,16)13-6-2-3-8(13)10-7-14/h4-5,8H,2-3,6H2,1H3. The molecule has 0 aromatic carbocycles. The Bertz CT molecular complexity index is 559. The SMILES string of the molecule is Cn1nccc1S(=O)(=O)N1CCCC1N=C=O. The predicted molar refractivity (Wildman–Crippen MR) is 58.2 cm³/mol. The van der Waals surface area contributed by atoms with Gasteiger partial charge in [-0.1, -0.05) is 0 Å². The summed E-state index contributed by atoms with van der Waals surface area (Å²) in [5.74, 6) is 0. The number of hydrogen-bond donors (Lipinski definition) is 0. The van der Waals surface area contributed by atoms with E-state index in [2.05, 4.69) is 10.1 Å². The van der Waals surface area contributed by atoms with Crippen LogP contribution in [-0.4, -0.2) is 41.3 Å². The molecule has 0 radical (unpaired) electrons. The molecule has 1 aliphatic heterocycles. The number of nitrogens with zero attached hydrogens (tertiary/aromatic N) is 4. The van der Waals surface area contributed by atoms with Crippen molar-refractivity contribution < 1.29 is 13.2 Å². The molecule has 0 N–H and O–H groups in total. The van der Waals surface area contributed by atoms with Gasteiger partial charge in [0.05, 0.1) is 6.20 Å². The molecule has 0 spiro atoms. The van der Waals surface area contributed by atoms with E-state index in [1.165, 1.54) is 27.3 Å². The van der Waals surface area contributed by atoms with Crippen molar-refractivity contribution in [3.8, 4) is 0 Å². The molecule has 1 aromatic heterocycles. The molecule has 1 fully saturated rings. The molecule has 2 heterocycles. The molecule has 8 heteroatoms. The Hall–Kier alpha value is -1.50. The van der Waals surface area contributed by atoms with Gasteiger partial charge >= 0.3 is 0 Å². The predicted octanol–water partition coefficient (Wildman–Crippen LogP) is -0.134. The van der Waals surface area contributed by atoms with E-state index in [0.717, 1.165) is 0 Å². The van der Waals surface area contributed by atoms with Gasteiger partial charge < -0.3 is 0 Å². The topological polar surface area (TPSA) is 84.6 Å². The minimum absolute atomic E-state index is 0.102. The van der Waals surface area contributed by atoms with E-state index in [1.807, 2.05) is 0 Å². The maximum atomic E-state index is 12.3. The zero-order valence-corrected chi connectivity index (χ0v) is 10.1. The molecule has 0 aliphatic carbocycles. The van der Waals surface area contributed by atoms with Gasteiger partial charge in [-0.3, -0.25) is 4.68 Å². The average Bonchev–Trinajstić information content (AvgIpc) is 2.87. The first kappa shape index (κ1) is 12.0. The van der Waals surface area contributed by atoms with Gasteiger partial charge in [0.2, 0.25) is 6.08 Å². The van der Waals surface area contributed by atoms with Crippen LogP contribution in [0, 0.1) is 0 Å². The van der Waals surface area contributed by atoms with Crippen molar-refractivity contribution in [2.45, 2.75) is 24.0 Å². The fraction of sp³-hybridized carbons (Fsp3) is 0.556. The van der Waals surface area contributed by atoms with Gasteiger partial charge in [0.15, 0.2) is 5.03 Å². The van der Waals surface area contributed by atoms with Crippen molar-refractivity contribution in [1.82, 2.24) is 14.1 Å². The number of carbonyl (C=O) groups excluding carboxylic acids is 1. The highest BCUT2D eigenvalue weighted by Gasteiger charge is 2.36. The zero-order valence-electron chi connectivity index (χ0n) is 9.28. The highest BCUT2D eigenvalue weighted by Crippen LogP contribution is 2.25. The van der Waals surface area contributed by atoms with Crippen molar-refractivity contribution in [3.05, 3.63) is 12.3 Å². The third-order valence-corrected chi connectivity index (χ3v) is 4.70. The van der Waals surface area contributed by atoms with Crippen LogP contribution in [0.1, 0.15) is 12.8 Å². The maximum absolute atomic E-state index is 12.3. The lowest BCUT2D eigenvalue weighted by Crippen LogP contribution is -2.35. The van der Waals surface area contributed by atoms with Gasteiger partial charge in [0.1, 0.15) is 6.17 Å². The quantitative estimate of drug-likeness (QED) is 0.557. The van der Waals surface area contributed by atoms with E-state index >= 15 is 0 Å². The van der Waals surface area contributed by atoms with Crippen LogP contribution in [-0.2, 0) is 21.9 Å². The van der Waals surface area contributed by atoms with Crippen LogP contribution in [0.25, 0.3) is 0 Å². The summed E-state index contributed by atoms with van der Waals surface area (Å²) in [7, 11) is -2.08. The average molecular weight is 256 g/mol. The number of aryl methyl sites for hydroxylation is 1. The van der Waals surface area contributed by atoms with Crippen molar-refractivity contribution >= 4 is 16.1 Å². The van der Waals surface area contributed by atoms with Gasteiger partial charge in [-0.05, 0) is 18.9 Å². The monoisotopic (exact) mass is 256 g/mol. The van der Waals surface area contributed by atoms with Crippen LogP contribution < -0.4 is 0 Å². The number of aromatic nitrogens is 2. The molecule has 1 aliphatic rings. The summed E-state index contributed by atoms with van der Waals surface area (Å²) in [6.07, 6.45) is 3.44. The Morgan fingerprint density at radius 2 is 2.35 bits per heavy atom. The van der Waals surface area contributed by atoms with E-state index in [9.17, 15) is 13.2 Å². The van der Waals surface area contributed by atoms with Crippen LogP contribution in [0.5, 0.6) is 0 Å². The minimum Gasteiger partial charge on any atom is -0.256 e. The third kappa shape index (κ3) is 2.02. The summed E-state index contributed by atoms with van der Waals surface area (Å²) in [6, 6.07) is 1.43. The van der Waals surface area contributed by atoms with E-state index in [4.69, 9.17) is 0 Å². The Kier molecular flexibility index (Phi) is 3.10. The van der Waals surface area contributed by atoms with Gasteiger partial charge in [-0.2, -0.15) is 14.4 Å². The van der Waals surface area contributed by atoms with E-state index in [0.29, 0.717) is 19.4 Å². The summed E-state index contributed by atoms with van der Waals surface area (Å²) in [4.78, 5) is 13.8. The molecular weight excluding hydrogens is 244 g/mol. The van der Waals surface area contributed by atoms with Crippen LogP contribution in [0.3, 0.4) is 0 Å². The van der Waals surface area contributed by atoms with Gasteiger partial charge in [-0.15, -0.1) is 0 Å². The molecule has 1 saturated heterocycles. The highest BCUT2D eigenvalue weighted by molar-refractivity contribution is 7.89. The number of isocyanates is 1. The zero-order chi connectivity index (χ0) is 12.5. The normalized spacial score (nSPS) is 21.4. The molecule has 92 valence electrons. The van der Waals surface area contributed by atoms with Crippen LogP contribution in [0.15, 0.2) is 22.3 Å². The lowest BCUT2D eigenvalue weighted by molar-refractivity contribution is 0.391. The smallest absolute Gasteiger partial charge is 0.256 e. The summed E-state index contributed by atoms with van der Waals surface area (Å²) in [5, 5.41) is 3.93. The molecule has 0 saturated carbocycles. The number of sulfonamides is 1. The number of aliphatic imine (C=N–C) groups is 1. The summed E-state index contributed by atoms with van der Waals surface area (Å²) >= 11 is 0. The van der Waals surface area contributed by atoms with Crippen LogP contribution in [0.4, 0.5) is 0 Å². The molecule has 1 aromatic rings. The fourth-order valence-corrected chi connectivity index (χ4v) is 3.62. The second-order valence-electron chi connectivity index (χ2n) is 3.75. The van der Waals surface area contributed by atoms with E-state index < -0.39 is 16.2 Å². The van der Waals surface area contributed by atoms with Crippen molar-refractivity contribution in [2.75, 3.05) is 6.54 Å². The van der Waals surface area contributed by atoms with E-state index in [1.54, 1.807) is 7.05 Å². The van der Waals surface area contributed by atoms with Crippen molar-refractivity contribution in [1.29, 1.82) is 0 Å². The lowest BCUT2D eigenvalue weighted by Gasteiger charge is -2.19. The Morgan fingerprint density at radius 3 is 2.94 bits per heavy atom. The van der Waals surface area contributed by atoms with Crippen molar-refractivity contribution in [3.63, 3.8) is 0 Å². The molecule has 7 nitrogen and oxygen atoms in total. The second-order valence-corrected chi connectivity index (χ2v) is 5.59. The second kappa shape index (κ2) is 4.40. The maximum Gasteiger partial charge on any atom is 0.262 e. The molecule has 1 atom stereocenters. The number of rotatable bonds is 3. The molecule has 2 rings (SSSR count). The third-order valence-electron chi connectivity index (χ3n) is 2.72. The first-order valence-electron chi connectivity index (χ1n) is 5.14. The molecular formula is C9H12N4O3S. The Morgan fingerprint density at radius 1 is 1.59 bits per heavy atom. The van der Waals surface area contributed by atoms with Gasteiger partial charge in [0, 0.05) is 13.6 Å². The summed E-state index contributed by atoms with van der Waals surface area (Å²) in [5.41, 5.74) is 0. The first-order chi connectivity index (χ1) is 8.07. The molecule has 0 amide bonds. The fourth-order valence-electron chi connectivity index (χ4n) is 1.93. The van der Waals surface area contributed by atoms with Crippen LogP contribution in [0.2, 0.25) is 0 Å². The molecule has 0 bridgehead atoms. The first-order valence-corrected chi connectivity index (χ1v) is 6.58. The molecule has 1 unspecified atom stereocenters. The van der Waals surface area contributed by atoms with Crippen LogP contribution >= 0.6 is 0 Å². The van der Waals surface area contributed by atoms with E-state index in [-0.39, 0.29) is 5.03 Å². The lowest BCUT2D eigenvalue weighted by atomic mass is 10.3. The number of hydrogen-bond acceptors (Lipinski definition) is 5. The minimum atomic E-state index is -3.64. The van der Waals surface area contributed by atoms with Crippen molar-refractivity contribution in [2.24, 2.45) is 12.0 Å². The van der Waals surface area contributed by atoms with Gasteiger partial charge in [0.25, 0.3) is 10.0 Å².